The third-order valence-corrected chi connectivity index (χ3v) is 5.52. The van der Waals surface area contributed by atoms with Crippen molar-refractivity contribution in [1.82, 2.24) is 25.5 Å². The standard InChI is InChI=1S/C21H19N5O2/c27-17-11-16-13(7-4-8-22-16)14-10-15(14)19(17)24-21(28)20-23-18(25-26-20)9-12-5-2-1-3-6-12/h1-8,14-15,19H,9-11H2,(H,24,28)(H,23,25,26)/t14-,15-,19-/m1/s1. The van der Waals surface area contributed by atoms with Gasteiger partial charge in [0.15, 0.2) is 5.78 Å². The van der Waals surface area contributed by atoms with Crippen molar-refractivity contribution in [2.75, 3.05) is 0 Å². The molecule has 3 atom stereocenters. The van der Waals surface area contributed by atoms with E-state index < -0.39 is 11.9 Å². The molecular weight excluding hydrogens is 354 g/mol. The van der Waals surface area contributed by atoms with E-state index in [1.165, 1.54) is 0 Å². The molecule has 1 aromatic carbocycles. The summed E-state index contributed by atoms with van der Waals surface area (Å²) >= 11 is 0. The second kappa shape index (κ2) is 6.67. The van der Waals surface area contributed by atoms with Gasteiger partial charge in [0.1, 0.15) is 5.82 Å². The van der Waals surface area contributed by atoms with Crippen molar-refractivity contribution >= 4 is 11.7 Å². The highest BCUT2D eigenvalue weighted by molar-refractivity contribution is 5.96. The van der Waals surface area contributed by atoms with Gasteiger partial charge in [0, 0.05) is 12.6 Å². The molecule has 28 heavy (non-hydrogen) atoms. The fraction of sp³-hybridized carbons (Fsp3) is 0.286. The predicted molar refractivity (Wildman–Crippen MR) is 101 cm³/mol. The van der Waals surface area contributed by atoms with Crippen LogP contribution < -0.4 is 5.32 Å². The second-order valence-electron chi connectivity index (χ2n) is 7.41. The van der Waals surface area contributed by atoms with Crippen molar-refractivity contribution in [1.29, 1.82) is 0 Å². The average Bonchev–Trinajstić information content (AvgIpc) is 3.37. The van der Waals surface area contributed by atoms with Crippen molar-refractivity contribution in [3.63, 3.8) is 0 Å². The largest absolute Gasteiger partial charge is 0.339 e. The number of ketones is 1. The lowest BCUT2D eigenvalue weighted by Gasteiger charge is -2.14. The molecule has 5 rings (SSSR count). The number of H-pyrrole nitrogens is 1. The Morgan fingerprint density at radius 2 is 2.04 bits per heavy atom. The number of Topliss-reactive ketones (excluding diaryl/α,β-unsaturated/α-hetero) is 1. The number of aromatic amines is 1. The molecular formula is C21H19N5O2. The summed E-state index contributed by atoms with van der Waals surface area (Å²) in [6.45, 7) is 0. The minimum absolute atomic E-state index is 0.00153. The van der Waals surface area contributed by atoms with Gasteiger partial charge in [0.2, 0.25) is 5.82 Å². The Hall–Kier alpha value is -3.35. The van der Waals surface area contributed by atoms with Gasteiger partial charge in [-0.2, -0.15) is 0 Å². The predicted octanol–water partition coefficient (Wildman–Crippen LogP) is 1.82. The zero-order valence-corrected chi connectivity index (χ0v) is 15.1. The fourth-order valence-electron chi connectivity index (χ4n) is 4.05. The highest BCUT2D eigenvalue weighted by atomic mass is 16.2. The van der Waals surface area contributed by atoms with Crippen LogP contribution in [0.4, 0.5) is 0 Å². The van der Waals surface area contributed by atoms with Gasteiger partial charge < -0.3 is 5.32 Å². The van der Waals surface area contributed by atoms with Crippen LogP contribution in [0.15, 0.2) is 48.7 Å². The number of hydrogen-bond acceptors (Lipinski definition) is 5. The van der Waals surface area contributed by atoms with E-state index >= 15 is 0 Å². The van der Waals surface area contributed by atoms with Gasteiger partial charge in [-0.3, -0.25) is 19.7 Å². The monoisotopic (exact) mass is 373 g/mol. The molecule has 0 aliphatic heterocycles. The maximum atomic E-state index is 12.7. The maximum absolute atomic E-state index is 12.7. The van der Waals surface area contributed by atoms with Crippen molar-refractivity contribution in [2.24, 2.45) is 5.92 Å². The van der Waals surface area contributed by atoms with Gasteiger partial charge >= 0.3 is 0 Å². The summed E-state index contributed by atoms with van der Waals surface area (Å²) in [7, 11) is 0. The minimum Gasteiger partial charge on any atom is -0.339 e. The zero-order valence-electron chi connectivity index (χ0n) is 15.1. The molecule has 2 aliphatic carbocycles. The summed E-state index contributed by atoms with van der Waals surface area (Å²) in [6, 6.07) is 13.3. The molecule has 1 fully saturated rings. The minimum atomic E-state index is -0.511. The highest BCUT2D eigenvalue weighted by Crippen LogP contribution is 2.52. The van der Waals surface area contributed by atoms with E-state index in [1.807, 2.05) is 42.5 Å². The van der Waals surface area contributed by atoms with Crippen molar-refractivity contribution in [3.05, 3.63) is 77.1 Å². The lowest BCUT2D eigenvalue weighted by molar-refractivity contribution is -0.120. The number of nitrogens with one attached hydrogen (secondary N) is 2. The summed E-state index contributed by atoms with van der Waals surface area (Å²) in [5.74, 6) is 0.683. The number of aromatic nitrogens is 4. The molecule has 7 heteroatoms. The third kappa shape index (κ3) is 3.09. The van der Waals surface area contributed by atoms with E-state index in [0.29, 0.717) is 18.2 Å². The van der Waals surface area contributed by atoms with E-state index in [0.717, 1.165) is 23.2 Å². The number of fused-ring (bicyclic) bond motifs is 3. The van der Waals surface area contributed by atoms with Gasteiger partial charge in [-0.05, 0) is 35.4 Å². The van der Waals surface area contributed by atoms with Crippen LogP contribution in [0.25, 0.3) is 0 Å². The summed E-state index contributed by atoms with van der Waals surface area (Å²) in [4.78, 5) is 34.0. The number of pyridine rings is 1. The van der Waals surface area contributed by atoms with Gasteiger partial charge in [-0.25, -0.2) is 4.98 Å². The summed E-state index contributed by atoms with van der Waals surface area (Å²) < 4.78 is 0. The Balaban J connectivity index is 1.29. The molecule has 0 saturated heterocycles. The summed E-state index contributed by atoms with van der Waals surface area (Å²) in [6.07, 6.45) is 3.42. The Kier molecular flexibility index (Phi) is 4.00. The zero-order chi connectivity index (χ0) is 19.1. The SMILES string of the molecule is O=C(N[C@H]1C(=O)Cc2ncccc2[C@H]2C[C@H]21)c1n[nH]c(Cc2ccccc2)n1. The van der Waals surface area contributed by atoms with Crippen LogP contribution in [0.2, 0.25) is 0 Å². The maximum Gasteiger partial charge on any atom is 0.291 e. The first-order valence-corrected chi connectivity index (χ1v) is 9.41. The summed E-state index contributed by atoms with van der Waals surface area (Å²) in [5.41, 5.74) is 3.05. The number of benzene rings is 1. The van der Waals surface area contributed by atoms with Crippen LogP contribution in [-0.2, 0) is 17.6 Å². The highest BCUT2D eigenvalue weighted by Gasteiger charge is 2.50. The summed E-state index contributed by atoms with van der Waals surface area (Å²) in [5, 5.41) is 9.71. The van der Waals surface area contributed by atoms with Crippen LogP contribution in [0, 0.1) is 5.92 Å². The molecule has 0 radical (unpaired) electrons. The number of rotatable bonds is 4. The van der Waals surface area contributed by atoms with Gasteiger partial charge in [0.05, 0.1) is 18.2 Å². The van der Waals surface area contributed by atoms with Crippen LogP contribution in [-0.4, -0.2) is 37.9 Å². The van der Waals surface area contributed by atoms with Crippen LogP contribution in [0.1, 0.15) is 45.6 Å². The molecule has 2 aliphatic rings. The van der Waals surface area contributed by atoms with Crippen molar-refractivity contribution in [2.45, 2.75) is 31.2 Å². The molecule has 0 bridgehead atoms. The topological polar surface area (TPSA) is 101 Å². The Labute approximate surface area is 161 Å². The van der Waals surface area contributed by atoms with Gasteiger partial charge in [-0.15, -0.1) is 5.10 Å². The van der Waals surface area contributed by atoms with Crippen molar-refractivity contribution < 1.29 is 9.59 Å². The van der Waals surface area contributed by atoms with Crippen LogP contribution in [0.5, 0.6) is 0 Å². The lowest BCUT2D eigenvalue weighted by atomic mass is 10.1. The quantitative estimate of drug-likeness (QED) is 0.726. The molecule has 140 valence electrons. The first-order valence-electron chi connectivity index (χ1n) is 9.41. The Morgan fingerprint density at radius 1 is 1.18 bits per heavy atom. The van der Waals surface area contributed by atoms with E-state index in [2.05, 4.69) is 25.5 Å². The molecule has 0 unspecified atom stereocenters. The first kappa shape index (κ1) is 16.8. The number of nitrogens with zero attached hydrogens (tertiary/aromatic N) is 3. The van der Waals surface area contributed by atoms with Crippen LogP contribution in [0.3, 0.4) is 0 Å². The number of carbonyl (C=O) groups is 2. The molecule has 0 spiro atoms. The Bertz CT molecular complexity index is 1050. The van der Waals surface area contributed by atoms with Crippen LogP contribution >= 0.6 is 0 Å². The third-order valence-electron chi connectivity index (χ3n) is 5.52. The molecule has 7 nitrogen and oxygen atoms in total. The van der Waals surface area contributed by atoms with E-state index in [-0.39, 0.29) is 23.9 Å². The number of carbonyl (C=O) groups excluding carboxylic acids is 2. The van der Waals surface area contributed by atoms with E-state index in [1.54, 1.807) is 6.20 Å². The van der Waals surface area contributed by atoms with E-state index in [9.17, 15) is 9.59 Å². The van der Waals surface area contributed by atoms with E-state index in [4.69, 9.17) is 0 Å². The number of hydrogen-bond donors (Lipinski definition) is 2. The average molecular weight is 373 g/mol. The fourth-order valence-corrected chi connectivity index (χ4v) is 4.05. The van der Waals surface area contributed by atoms with Gasteiger partial charge in [0.25, 0.3) is 5.91 Å². The molecule has 2 N–H and O–H groups in total. The number of amides is 1. The molecule has 1 saturated carbocycles. The Morgan fingerprint density at radius 3 is 2.89 bits per heavy atom. The molecule has 2 aromatic heterocycles. The normalized spacial score (nSPS) is 22.7. The smallest absolute Gasteiger partial charge is 0.291 e. The second-order valence-corrected chi connectivity index (χ2v) is 7.41. The molecule has 2 heterocycles. The molecule has 3 aromatic rings. The first-order chi connectivity index (χ1) is 13.7. The van der Waals surface area contributed by atoms with Crippen molar-refractivity contribution in [3.8, 4) is 0 Å². The van der Waals surface area contributed by atoms with Gasteiger partial charge in [-0.1, -0.05) is 36.4 Å². The lowest BCUT2D eigenvalue weighted by Crippen LogP contribution is -2.43. The molecule has 1 amide bonds.